The number of benzene rings is 2. The van der Waals surface area contributed by atoms with Crippen molar-refractivity contribution in [3.8, 4) is 0 Å². The van der Waals surface area contributed by atoms with Crippen LogP contribution in [0.3, 0.4) is 0 Å². The number of thiocarbonyl (C=S) groups is 1. The van der Waals surface area contributed by atoms with Crippen LogP contribution in [0, 0.1) is 0 Å². The first-order valence-corrected chi connectivity index (χ1v) is 14.6. The Hall–Kier alpha value is -3.74. The van der Waals surface area contributed by atoms with Crippen molar-refractivity contribution in [3.05, 3.63) is 70.1 Å². The first-order valence-electron chi connectivity index (χ1n) is 12.3. The van der Waals surface area contributed by atoms with E-state index in [0.29, 0.717) is 40.8 Å². The summed E-state index contributed by atoms with van der Waals surface area (Å²) in [6, 6.07) is 14.5. The van der Waals surface area contributed by atoms with Gasteiger partial charge < -0.3 is 25.6 Å². The van der Waals surface area contributed by atoms with Crippen LogP contribution in [-0.4, -0.2) is 53.0 Å². The zero-order valence-electron chi connectivity index (χ0n) is 22.2. The highest BCUT2D eigenvalue weighted by atomic mass is 32.2. The van der Waals surface area contributed by atoms with Gasteiger partial charge in [-0.3, -0.25) is 14.4 Å². The van der Waals surface area contributed by atoms with Gasteiger partial charge in [-0.05, 0) is 73.6 Å². The van der Waals surface area contributed by atoms with Crippen LogP contribution in [0.15, 0.2) is 53.4 Å². The first kappa shape index (κ1) is 29.2. The van der Waals surface area contributed by atoms with Crippen molar-refractivity contribution in [2.24, 2.45) is 0 Å². The molecular weight excluding hydrogens is 569 g/mol. The molecule has 9 nitrogen and oxygen atoms in total. The molecule has 0 bridgehead atoms. The zero-order valence-corrected chi connectivity index (χ0v) is 24.6. The third kappa shape index (κ3) is 7.26. The van der Waals surface area contributed by atoms with E-state index in [1.807, 2.05) is 24.3 Å². The molecule has 2 aromatic carbocycles. The van der Waals surface area contributed by atoms with Crippen LogP contribution in [0.2, 0.25) is 0 Å². The predicted molar refractivity (Wildman–Crippen MR) is 163 cm³/mol. The highest BCUT2D eigenvalue weighted by molar-refractivity contribution is 8.00. The van der Waals surface area contributed by atoms with Crippen LogP contribution in [0.4, 0.5) is 16.4 Å². The summed E-state index contributed by atoms with van der Waals surface area (Å²) >= 11 is 8.06. The number of esters is 1. The SMILES string of the molecule is COC(=O)c1c(NC(=O)CSc2cccc(NC(=S)Nc3ccc(C(C)=O)cc3)c2)sc2c1CCN(C(C)=O)C2. The lowest BCUT2D eigenvalue weighted by Crippen LogP contribution is -2.33. The molecule has 0 saturated heterocycles. The Morgan fingerprint density at radius 2 is 1.75 bits per heavy atom. The van der Waals surface area contributed by atoms with E-state index in [-0.39, 0.29) is 23.4 Å². The second kappa shape index (κ2) is 13.1. The number of ketones is 1. The summed E-state index contributed by atoms with van der Waals surface area (Å²) in [7, 11) is 1.31. The van der Waals surface area contributed by atoms with Crippen molar-refractivity contribution < 1.29 is 23.9 Å². The average molecular weight is 597 g/mol. The molecule has 40 heavy (non-hydrogen) atoms. The number of fused-ring (bicyclic) bond motifs is 1. The van der Waals surface area contributed by atoms with Gasteiger partial charge in [0.2, 0.25) is 11.8 Å². The number of Topliss-reactive ketones (excluding diaryl/α,β-unsaturated/α-hetero) is 1. The molecule has 12 heteroatoms. The number of thiophene rings is 1. The minimum absolute atomic E-state index is 0.00494. The van der Waals surface area contributed by atoms with E-state index in [1.165, 1.54) is 44.1 Å². The lowest BCUT2D eigenvalue weighted by Gasteiger charge is -2.25. The van der Waals surface area contributed by atoms with E-state index >= 15 is 0 Å². The normalized spacial score (nSPS) is 12.2. The van der Waals surface area contributed by atoms with Gasteiger partial charge in [0.15, 0.2) is 10.9 Å². The highest BCUT2D eigenvalue weighted by Gasteiger charge is 2.30. The second-order valence-electron chi connectivity index (χ2n) is 8.97. The fraction of sp³-hybridized carbons (Fsp3) is 0.250. The van der Waals surface area contributed by atoms with Gasteiger partial charge in [0.1, 0.15) is 5.00 Å². The van der Waals surface area contributed by atoms with E-state index in [0.717, 1.165) is 26.7 Å². The largest absolute Gasteiger partial charge is 0.465 e. The number of rotatable bonds is 8. The summed E-state index contributed by atoms with van der Waals surface area (Å²) < 4.78 is 4.98. The maximum Gasteiger partial charge on any atom is 0.341 e. The molecule has 0 radical (unpaired) electrons. The van der Waals surface area contributed by atoms with Crippen molar-refractivity contribution in [1.29, 1.82) is 0 Å². The summed E-state index contributed by atoms with van der Waals surface area (Å²) in [5.74, 6) is -0.680. The van der Waals surface area contributed by atoms with Crippen LogP contribution in [-0.2, 0) is 27.3 Å². The molecule has 0 aliphatic carbocycles. The molecule has 0 fully saturated rings. The maximum atomic E-state index is 12.9. The number of thioether (sulfide) groups is 1. The van der Waals surface area contributed by atoms with E-state index < -0.39 is 5.97 Å². The fourth-order valence-electron chi connectivity index (χ4n) is 4.14. The first-order chi connectivity index (χ1) is 19.1. The minimum Gasteiger partial charge on any atom is -0.465 e. The van der Waals surface area contributed by atoms with Crippen molar-refractivity contribution >= 4 is 80.4 Å². The number of hydrogen-bond acceptors (Lipinski definition) is 8. The van der Waals surface area contributed by atoms with Gasteiger partial charge in [0.05, 0.1) is 25.0 Å². The van der Waals surface area contributed by atoms with Crippen LogP contribution >= 0.6 is 35.3 Å². The van der Waals surface area contributed by atoms with Gasteiger partial charge in [-0.2, -0.15) is 0 Å². The Balaban J connectivity index is 1.36. The summed E-state index contributed by atoms with van der Waals surface area (Å²) in [5.41, 5.74) is 3.32. The quantitative estimate of drug-likeness (QED) is 0.140. The molecule has 0 atom stereocenters. The molecule has 2 amide bonds. The summed E-state index contributed by atoms with van der Waals surface area (Å²) in [4.78, 5) is 52.1. The Kier molecular flexibility index (Phi) is 9.56. The average Bonchev–Trinajstić information content (AvgIpc) is 3.28. The molecule has 0 spiro atoms. The molecule has 1 aliphatic rings. The fourth-order valence-corrected chi connectivity index (χ4v) is 6.39. The topological polar surface area (TPSA) is 117 Å². The van der Waals surface area contributed by atoms with Crippen molar-refractivity contribution in [2.45, 2.75) is 31.7 Å². The Labute approximate surface area is 245 Å². The third-order valence-electron chi connectivity index (χ3n) is 6.16. The molecule has 2 heterocycles. The summed E-state index contributed by atoms with van der Waals surface area (Å²) in [6.45, 7) is 3.96. The van der Waals surface area contributed by atoms with Crippen LogP contribution < -0.4 is 16.0 Å². The van der Waals surface area contributed by atoms with E-state index in [9.17, 15) is 19.2 Å². The molecule has 1 aromatic heterocycles. The minimum atomic E-state index is -0.505. The molecule has 3 aromatic rings. The zero-order chi connectivity index (χ0) is 28.8. The number of ether oxygens (including phenoxy) is 1. The predicted octanol–water partition coefficient (Wildman–Crippen LogP) is 5.18. The van der Waals surface area contributed by atoms with Gasteiger partial charge in [0, 0.05) is 40.2 Å². The second-order valence-corrected chi connectivity index (χ2v) is 11.5. The lowest BCUT2D eigenvalue weighted by atomic mass is 10.0. The third-order valence-corrected chi connectivity index (χ3v) is 8.49. The van der Waals surface area contributed by atoms with Gasteiger partial charge in [-0.1, -0.05) is 6.07 Å². The lowest BCUT2D eigenvalue weighted by molar-refractivity contribution is -0.129. The molecular formula is C28H28N4O5S3. The monoisotopic (exact) mass is 596 g/mol. The van der Waals surface area contributed by atoms with Gasteiger partial charge >= 0.3 is 5.97 Å². The smallest absolute Gasteiger partial charge is 0.341 e. The number of methoxy groups -OCH3 is 1. The van der Waals surface area contributed by atoms with Gasteiger partial charge in [-0.25, -0.2) is 4.79 Å². The summed E-state index contributed by atoms with van der Waals surface area (Å²) in [5, 5.41) is 9.90. The number of carbonyl (C=O) groups is 4. The number of nitrogens with one attached hydrogen (secondary N) is 3. The Bertz CT molecular complexity index is 1470. The van der Waals surface area contributed by atoms with Crippen LogP contribution in [0.5, 0.6) is 0 Å². The Morgan fingerprint density at radius 1 is 1.02 bits per heavy atom. The molecule has 208 valence electrons. The number of nitrogens with zero attached hydrogens (tertiary/aromatic N) is 1. The number of carbonyl (C=O) groups excluding carboxylic acids is 4. The number of anilines is 3. The Morgan fingerprint density at radius 3 is 2.42 bits per heavy atom. The van der Waals surface area contributed by atoms with E-state index in [4.69, 9.17) is 17.0 Å². The van der Waals surface area contributed by atoms with Crippen LogP contribution in [0.1, 0.15) is 45.0 Å². The molecule has 0 saturated carbocycles. The van der Waals surface area contributed by atoms with E-state index in [2.05, 4.69) is 16.0 Å². The molecule has 1 aliphatic heterocycles. The van der Waals surface area contributed by atoms with Crippen molar-refractivity contribution in [2.75, 3.05) is 35.4 Å². The number of hydrogen-bond donors (Lipinski definition) is 3. The molecule has 0 unspecified atom stereocenters. The molecule has 4 rings (SSSR count). The maximum absolute atomic E-state index is 12.9. The molecule has 3 N–H and O–H groups in total. The van der Waals surface area contributed by atoms with Crippen molar-refractivity contribution in [1.82, 2.24) is 4.90 Å². The summed E-state index contributed by atoms with van der Waals surface area (Å²) in [6.07, 6.45) is 0.528. The van der Waals surface area contributed by atoms with Gasteiger partial charge in [0.25, 0.3) is 0 Å². The standard InChI is InChI=1S/C28H28N4O5S3/c1-16(33)18-7-9-19(10-8-18)29-28(38)30-20-5-4-6-21(13-20)39-15-24(35)31-26-25(27(36)37-3)22-11-12-32(17(2)34)14-23(22)40-26/h4-10,13H,11-12,14-15H2,1-3H3,(H,31,35)(H2,29,30,38). The number of amides is 2. The van der Waals surface area contributed by atoms with Crippen LogP contribution in [0.25, 0.3) is 0 Å². The van der Waals surface area contributed by atoms with Gasteiger partial charge in [-0.15, -0.1) is 23.1 Å². The highest BCUT2D eigenvalue weighted by Crippen LogP contribution is 2.38. The van der Waals surface area contributed by atoms with E-state index in [1.54, 1.807) is 29.2 Å². The van der Waals surface area contributed by atoms with Crippen molar-refractivity contribution in [3.63, 3.8) is 0 Å².